The molecule has 1 aliphatic rings. The molecule has 0 saturated heterocycles. The number of ether oxygens (including phenoxy) is 1. The van der Waals surface area contributed by atoms with E-state index in [1.165, 1.54) is 11.6 Å². The van der Waals surface area contributed by atoms with Crippen LogP contribution in [0.4, 0.5) is 4.39 Å². The highest BCUT2D eigenvalue weighted by Crippen LogP contribution is 2.32. The zero-order valence-electron chi connectivity index (χ0n) is 15.5. The van der Waals surface area contributed by atoms with Gasteiger partial charge in [0.1, 0.15) is 12.4 Å². The van der Waals surface area contributed by atoms with Crippen LogP contribution in [0.5, 0.6) is 0 Å². The van der Waals surface area contributed by atoms with Crippen molar-refractivity contribution in [1.82, 2.24) is 9.47 Å². The first kappa shape index (κ1) is 17.7. The molecule has 4 rings (SSSR count). The number of nitrogens with zero attached hydrogens (tertiary/aromatic N) is 2. The van der Waals surface area contributed by atoms with Crippen molar-refractivity contribution in [2.75, 3.05) is 13.2 Å². The lowest BCUT2D eigenvalue weighted by Crippen LogP contribution is -2.31. The summed E-state index contributed by atoms with van der Waals surface area (Å²) in [6.07, 6.45) is 0.831. The van der Waals surface area contributed by atoms with Gasteiger partial charge in [0.05, 0.1) is 6.61 Å². The van der Waals surface area contributed by atoms with Gasteiger partial charge in [-0.05, 0) is 36.2 Å². The van der Waals surface area contributed by atoms with Crippen LogP contribution < -0.4 is 0 Å². The van der Waals surface area contributed by atoms with Gasteiger partial charge in [-0.25, -0.2) is 4.39 Å². The first-order valence-corrected chi connectivity index (χ1v) is 9.37. The van der Waals surface area contributed by atoms with Gasteiger partial charge in [0.25, 0.3) is 0 Å². The molecule has 3 aromatic rings. The predicted octanol–water partition coefficient (Wildman–Crippen LogP) is 3.90. The van der Waals surface area contributed by atoms with Gasteiger partial charge in [-0.15, -0.1) is 0 Å². The molecule has 0 radical (unpaired) electrons. The van der Waals surface area contributed by atoms with Crippen LogP contribution in [0.2, 0.25) is 0 Å². The van der Waals surface area contributed by atoms with E-state index in [1.54, 1.807) is 19.1 Å². The topological polar surface area (TPSA) is 34.5 Å². The van der Waals surface area contributed by atoms with E-state index < -0.39 is 0 Å². The number of benzene rings is 2. The fourth-order valence-corrected chi connectivity index (χ4v) is 3.97. The van der Waals surface area contributed by atoms with Gasteiger partial charge in [-0.3, -0.25) is 9.69 Å². The predicted molar refractivity (Wildman–Crippen MR) is 103 cm³/mol. The highest BCUT2D eigenvalue weighted by molar-refractivity contribution is 5.87. The van der Waals surface area contributed by atoms with E-state index in [9.17, 15) is 9.18 Å². The van der Waals surface area contributed by atoms with E-state index in [2.05, 4.69) is 17.0 Å². The summed E-state index contributed by atoms with van der Waals surface area (Å²) < 4.78 is 21.1. The van der Waals surface area contributed by atoms with Crippen molar-refractivity contribution < 1.29 is 13.9 Å². The Kier molecular flexibility index (Phi) is 4.94. The molecule has 2 heterocycles. The molecule has 0 atom stereocenters. The molecule has 0 unspecified atom stereocenters. The molecule has 4 nitrogen and oxygen atoms in total. The van der Waals surface area contributed by atoms with Crippen molar-refractivity contribution >= 4 is 16.9 Å². The minimum Gasteiger partial charge on any atom is -0.465 e. The molecule has 0 N–H and O–H groups in total. The highest BCUT2D eigenvalue weighted by Gasteiger charge is 2.25. The van der Waals surface area contributed by atoms with Crippen LogP contribution in [0.15, 0.2) is 48.5 Å². The molecule has 0 bridgehead atoms. The summed E-state index contributed by atoms with van der Waals surface area (Å²) in [4.78, 5) is 14.5. The molecule has 0 fully saturated rings. The van der Waals surface area contributed by atoms with Gasteiger partial charge in [-0.1, -0.05) is 30.3 Å². The first-order chi connectivity index (χ1) is 13.2. The average Bonchev–Trinajstić information content (AvgIpc) is 2.95. The maximum absolute atomic E-state index is 13.9. The van der Waals surface area contributed by atoms with Gasteiger partial charge >= 0.3 is 5.97 Å². The maximum atomic E-state index is 13.9. The Balaban J connectivity index is 1.68. The minimum atomic E-state index is -0.256. The number of carbonyl (C=O) groups is 1. The number of rotatable bonds is 5. The molecular weight excluding hydrogens is 343 g/mol. The van der Waals surface area contributed by atoms with E-state index in [0.717, 1.165) is 48.2 Å². The van der Waals surface area contributed by atoms with E-state index in [1.807, 2.05) is 22.8 Å². The third kappa shape index (κ3) is 3.60. The van der Waals surface area contributed by atoms with Crippen LogP contribution in [0, 0.1) is 5.82 Å². The van der Waals surface area contributed by atoms with Crippen molar-refractivity contribution in [2.24, 2.45) is 0 Å². The van der Waals surface area contributed by atoms with Gasteiger partial charge in [-0.2, -0.15) is 0 Å². The van der Waals surface area contributed by atoms with Gasteiger partial charge in [0.2, 0.25) is 0 Å². The molecular formula is C22H23FN2O2. The third-order valence-electron chi connectivity index (χ3n) is 5.14. The average molecular weight is 366 g/mol. The summed E-state index contributed by atoms with van der Waals surface area (Å²) in [6.45, 7) is 4.85. The largest absolute Gasteiger partial charge is 0.465 e. The summed E-state index contributed by atoms with van der Waals surface area (Å²) in [7, 11) is 0. The van der Waals surface area contributed by atoms with Crippen molar-refractivity contribution in [3.8, 4) is 0 Å². The summed E-state index contributed by atoms with van der Waals surface area (Å²) >= 11 is 0. The molecule has 0 aliphatic carbocycles. The van der Waals surface area contributed by atoms with Crippen LogP contribution in [-0.2, 0) is 35.6 Å². The van der Waals surface area contributed by atoms with Crippen LogP contribution >= 0.6 is 0 Å². The molecule has 1 aromatic heterocycles. The summed E-state index contributed by atoms with van der Waals surface area (Å²) in [5, 5.41) is 0.895. The fourth-order valence-electron chi connectivity index (χ4n) is 3.97. The summed E-state index contributed by atoms with van der Waals surface area (Å²) in [6, 6.07) is 15.2. The second-order valence-electron chi connectivity index (χ2n) is 6.92. The maximum Gasteiger partial charge on any atom is 0.325 e. The number of fused-ring (bicyclic) bond motifs is 3. The first-order valence-electron chi connectivity index (χ1n) is 9.37. The Morgan fingerprint density at radius 3 is 2.78 bits per heavy atom. The number of halogens is 1. The van der Waals surface area contributed by atoms with Gasteiger partial charge < -0.3 is 9.30 Å². The Bertz CT molecular complexity index is 965. The Morgan fingerprint density at radius 1 is 1.19 bits per heavy atom. The lowest BCUT2D eigenvalue weighted by atomic mass is 10.0. The fraction of sp³-hybridized carbons (Fsp3) is 0.318. The molecule has 0 amide bonds. The molecule has 0 spiro atoms. The van der Waals surface area contributed by atoms with E-state index >= 15 is 0 Å². The normalized spacial score (nSPS) is 14.3. The van der Waals surface area contributed by atoms with E-state index in [0.29, 0.717) is 6.61 Å². The summed E-state index contributed by atoms with van der Waals surface area (Å²) in [5.74, 6) is -0.507. The van der Waals surface area contributed by atoms with Crippen molar-refractivity contribution in [3.05, 3.63) is 71.2 Å². The molecule has 2 aromatic carbocycles. The molecule has 140 valence electrons. The highest BCUT2D eigenvalue weighted by atomic mass is 19.1. The molecule has 5 heteroatoms. The van der Waals surface area contributed by atoms with Crippen LogP contribution in [0.1, 0.15) is 23.7 Å². The van der Waals surface area contributed by atoms with Crippen LogP contribution in [0.25, 0.3) is 10.9 Å². The zero-order valence-corrected chi connectivity index (χ0v) is 15.5. The second-order valence-corrected chi connectivity index (χ2v) is 6.92. The molecule has 27 heavy (non-hydrogen) atoms. The molecule has 1 aliphatic heterocycles. The number of aromatic nitrogens is 1. The number of esters is 1. The standard InChI is InChI=1S/C22H23FN2O2/c1-2-27-22(26)15-25-20-9-8-17(23)12-18(20)19-14-24(11-10-21(19)25)13-16-6-4-3-5-7-16/h3-9,12H,2,10-11,13-15H2,1H3. The van der Waals surface area contributed by atoms with Gasteiger partial charge in [0.15, 0.2) is 0 Å². The lowest BCUT2D eigenvalue weighted by molar-refractivity contribution is -0.143. The monoisotopic (exact) mass is 366 g/mol. The SMILES string of the molecule is CCOC(=O)Cn1c2c(c3cc(F)ccc31)CN(Cc1ccccc1)CC2. The minimum absolute atomic E-state index is 0.171. The number of hydrogen-bond donors (Lipinski definition) is 0. The van der Waals surface area contributed by atoms with Crippen LogP contribution in [-0.4, -0.2) is 28.6 Å². The summed E-state index contributed by atoms with van der Waals surface area (Å²) in [5.41, 5.74) is 4.40. The third-order valence-corrected chi connectivity index (χ3v) is 5.14. The van der Waals surface area contributed by atoms with Gasteiger partial charge in [0, 0.05) is 42.7 Å². The van der Waals surface area contributed by atoms with Crippen molar-refractivity contribution in [2.45, 2.75) is 33.0 Å². The number of hydrogen-bond acceptors (Lipinski definition) is 3. The quantitative estimate of drug-likeness (QED) is 0.642. The van der Waals surface area contributed by atoms with Crippen LogP contribution in [0.3, 0.4) is 0 Å². The molecule has 0 saturated carbocycles. The Labute approximate surface area is 158 Å². The zero-order chi connectivity index (χ0) is 18.8. The smallest absolute Gasteiger partial charge is 0.325 e. The lowest BCUT2D eigenvalue weighted by Gasteiger charge is -2.28. The van der Waals surface area contributed by atoms with E-state index in [4.69, 9.17) is 4.74 Å². The number of carbonyl (C=O) groups excluding carboxylic acids is 1. The van der Waals surface area contributed by atoms with Crippen molar-refractivity contribution in [3.63, 3.8) is 0 Å². The second kappa shape index (κ2) is 7.53. The van der Waals surface area contributed by atoms with Crippen molar-refractivity contribution in [1.29, 1.82) is 0 Å². The Morgan fingerprint density at radius 2 is 2.00 bits per heavy atom. The Hall–Kier alpha value is -2.66. The van der Waals surface area contributed by atoms with E-state index in [-0.39, 0.29) is 18.3 Å².